The highest BCUT2D eigenvalue weighted by Crippen LogP contribution is 2.37. The second-order valence-electron chi connectivity index (χ2n) is 8.33. The summed E-state index contributed by atoms with van der Waals surface area (Å²) in [7, 11) is 3.10. The minimum Gasteiger partial charge on any atom is -0.338 e. The molecule has 170 valence electrons. The molecule has 1 saturated heterocycles. The van der Waals surface area contributed by atoms with Crippen molar-refractivity contribution in [2.45, 2.75) is 10.9 Å². The van der Waals surface area contributed by atoms with Gasteiger partial charge in [-0.05, 0) is 17.7 Å². The van der Waals surface area contributed by atoms with Gasteiger partial charge in [-0.3, -0.25) is 14.4 Å². The summed E-state index contributed by atoms with van der Waals surface area (Å²) >= 11 is 0. The van der Waals surface area contributed by atoms with Gasteiger partial charge >= 0.3 is 0 Å². The van der Waals surface area contributed by atoms with E-state index in [0.29, 0.717) is 18.7 Å². The number of likely N-dealkylation sites (N-methyl/N-ethyl adjacent to an activating group) is 1. The fourth-order valence-corrected chi connectivity index (χ4v) is 4.68. The first kappa shape index (κ1) is 23.8. The summed E-state index contributed by atoms with van der Waals surface area (Å²) < 4.78 is 25.7. The number of amides is 1. The van der Waals surface area contributed by atoms with Crippen molar-refractivity contribution in [3.63, 3.8) is 0 Å². The first-order chi connectivity index (χ1) is 15.1. The molecule has 0 aliphatic carbocycles. The molecule has 32 heavy (non-hydrogen) atoms. The van der Waals surface area contributed by atoms with Crippen LogP contribution in [0.1, 0.15) is 22.0 Å². The van der Waals surface area contributed by atoms with E-state index in [4.69, 9.17) is 0 Å². The third kappa shape index (κ3) is 4.50. The number of likely N-dealkylation sites (tertiary alicyclic amines) is 1. The van der Waals surface area contributed by atoms with Crippen LogP contribution in [0.3, 0.4) is 0 Å². The molecule has 3 rings (SSSR count). The van der Waals surface area contributed by atoms with E-state index in [1.165, 1.54) is 43.3 Å². The molecule has 0 bridgehead atoms. The highest BCUT2D eigenvalue weighted by molar-refractivity contribution is 7.89. The van der Waals surface area contributed by atoms with Crippen molar-refractivity contribution in [1.29, 1.82) is 0 Å². The van der Waals surface area contributed by atoms with Crippen LogP contribution in [0.4, 0.5) is 0 Å². The van der Waals surface area contributed by atoms with E-state index in [9.17, 15) is 22.8 Å². The molecule has 1 N–H and O–H groups in total. The van der Waals surface area contributed by atoms with Crippen molar-refractivity contribution < 1.29 is 27.7 Å². The molecule has 1 amide bonds. The van der Waals surface area contributed by atoms with Crippen LogP contribution in [0, 0.1) is 5.92 Å². The molecule has 1 aliphatic rings. The Labute approximate surface area is 188 Å². The van der Waals surface area contributed by atoms with Gasteiger partial charge in [0.15, 0.2) is 5.78 Å². The largest absolute Gasteiger partial charge is 0.338 e. The average molecular weight is 459 g/mol. The molecule has 8 nitrogen and oxygen atoms in total. The van der Waals surface area contributed by atoms with Gasteiger partial charge in [0.2, 0.25) is 15.8 Å². The van der Waals surface area contributed by atoms with Crippen molar-refractivity contribution in [3.8, 4) is 0 Å². The van der Waals surface area contributed by atoms with Gasteiger partial charge < -0.3 is 9.80 Å². The molecule has 1 aliphatic heterocycles. The second kappa shape index (κ2) is 9.32. The maximum atomic E-state index is 13.4. The van der Waals surface area contributed by atoms with Crippen LogP contribution in [-0.2, 0) is 19.6 Å². The van der Waals surface area contributed by atoms with Crippen molar-refractivity contribution in [2.75, 3.05) is 41.3 Å². The maximum Gasteiger partial charge on any atom is 0.291 e. The summed E-state index contributed by atoms with van der Waals surface area (Å²) in [6, 6.07) is 13.8. The molecule has 2 aromatic carbocycles. The highest BCUT2D eigenvalue weighted by atomic mass is 32.2. The SMILES string of the molecule is CN(C)S(=O)(=O)c1ccc(C(=O)C2C(=O)C(=O)N(CC[NH+](C)C)C2c2ccccc2)cc1. The Bertz CT molecular complexity index is 1110. The van der Waals surface area contributed by atoms with Crippen LogP contribution in [0.2, 0.25) is 0 Å². The van der Waals surface area contributed by atoms with E-state index < -0.39 is 39.5 Å². The fourth-order valence-electron chi connectivity index (χ4n) is 3.78. The first-order valence-corrected chi connectivity index (χ1v) is 11.7. The summed E-state index contributed by atoms with van der Waals surface area (Å²) in [6.07, 6.45) is 0. The van der Waals surface area contributed by atoms with E-state index in [2.05, 4.69) is 0 Å². The van der Waals surface area contributed by atoms with Gasteiger partial charge in [0.05, 0.1) is 38.1 Å². The molecule has 9 heteroatoms. The summed E-state index contributed by atoms with van der Waals surface area (Å²) in [5, 5.41) is 0. The Morgan fingerprint density at radius 3 is 2.12 bits per heavy atom. The average Bonchev–Trinajstić information content (AvgIpc) is 3.02. The van der Waals surface area contributed by atoms with Gasteiger partial charge in [0.25, 0.3) is 5.91 Å². The number of carbonyl (C=O) groups is 3. The van der Waals surface area contributed by atoms with Gasteiger partial charge in [-0.15, -0.1) is 0 Å². The standard InChI is InChI=1S/C23H27N3O5S/c1-24(2)14-15-26-20(16-8-6-5-7-9-16)19(22(28)23(26)29)21(27)17-10-12-18(13-11-17)32(30,31)25(3)4/h5-13,19-20H,14-15H2,1-4H3/p+1. The lowest BCUT2D eigenvalue weighted by Crippen LogP contribution is -3.06. The molecule has 2 unspecified atom stereocenters. The van der Waals surface area contributed by atoms with Gasteiger partial charge in [0, 0.05) is 19.7 Å². The Morgan fingerprint density at radius 2 is 1.59 bits per heavy atom. The number of benzene rings is 2. The molecular weight excluding hydrogens is 430 g/mol. The van der Waals surface area contributed by atoms with E-state index in [0.717, 1.165) is 9.21 Å². The van der Waals surface area contributed by atoms with Crippen LogP contribution < -0.4 is 4.90 Å². The third-order valence-electron chi connectivity index (χ3n) is 5.60. The fraction of sp³-hybridized carbons (Fsp3) is 0.348. The molecule has 2 aromatic rings. The number of nitrogens with one attached hydrogen (secondary N) is 1. The molecular formula is C23H28N3O5S+. The Hall–Kier alpha value is -2.88. The summed E-state index contributed by atoms with van der Waals surface area (Å²) in [6.45, 7) is 0.969. The van der Waals surface area contributed by atoms with Crippen molar-refractivity contribution in [1.82, 2.24) is 9.21 Å². The predicted octanol–water partition coefficient (Wildman–Crippen LogP) is 0.0329. The number of nitrogens with zero attached hydrogens (tertiary/aromatic N) is 2. The van der Waals surface area contributed by atoms with Crippen LogP contribution in [-0.4, -0.2) is 76.4 Å². The predicted molar refractivity (Wildman–Crippen MR) is 119 cm³/mol. The topological polar surface area (TPSA) is 96.3 Å². The molecule has 0 spiro atoms. The number of Topliss-reactive ketones (excluding diaryl/α,β-unsaturated/α-hetero) is 2. The highest BCUT2D eigenvalue weighted by Gasteiger charge is 2.51. The maximum absolute atomic E-state index is 13.4. The second-order valence-corrected chi connectivity index (χ2v) is 10.5. The summed E-state index contributed by atoms with van der Waals surface area (Å²) in [5.41, 5.74) is 0.903. The minimum absolute atomic E-state index is 0.0445. The number of hydrogen-bond donors (Lipinski definition) is 1. The zero-order valence-electron chi connectivity index (χ0n) is 18.6. The molecule has 1 heterocycles. The zero-order chi connectivity index (χ0) is 23.6. The van der Waals surface area contributed by atoms with Crippen LogP contribution in [0.15, 0.2) is 59.5 Å². The van der Waals surface area contributed by atoms with Crippen molar-refractivity contribution in [2.24, 2.45) is 5.92 Å². The van der Waals surface area contributed by atoms with Crippen molar-refractivity contribution in [3.05, 3.63) is 65.7 Å². The van der Waals surface area contributed by atoms with Crippen LogP contribution in [0.25, 0.3) is 0 Å². The number of sulfonamides is 1. The smallest absolute Gasteiger partial charge is 0.291 e. The number of quaternary nitrogens is 1. The summed E-state index contributed by atoms with van der Waals surface area (Å²) in [5.74, 6) is -3.07. The molecule has 0 radical (unpaired) electrons. The lowest BCUT2D eigenvalue weighted by molar-refractivity contribution is -0.857. The van der Waals surface area contributed by atoms with E-state index >= 15 is 0 Å². The van der Waals surface area contributed by atoms with Gasteiger partial charge in [-0.1, -0.05) is 42.5 Å². The normalized spacial score (nSPS) is 19.2. The minimum atomic E-state index is -3.65. The lowest BCUT2D eigenvalue weighted by Gasteiger charge is -2.27. The van der Waals surface area contributed by atoms with Gasteiger partial charge in [-0.25, -0.2) is 12.7 Å². The Morgan fingerprint density at radius 1 is 1.00 bits per heavy atom. The molecule has 0 saturated carbocycles. The monoisotopic (exact) mass is 458 g/mol. The number of carbonyl (C=O) groups excluding carboxylic acids is 3. The number of ketones is 2. The Balaban J connectivity index is 1.99. The first-order valence-electron chi connectivity index (χ1n) is 10.3. The molecule has 1 fully saturated rings. The number of rotatable bonds is 8. The van der Waals surface area contributed by atoms with E-state index in [1.54, 1.807) is 24.3 Å². The zero-order valence-corrected chi connectivity index (χ0v) is 19.4. The van der Waals surface area contributed by atoms with Crippen LogP contribution >= 0.6 is 0 Å². The van der Waals surface area contributed by atoms with Crippen molar-refractivity contribution >= 4 is 27.5 Å². The van der Waals surface area contributed by atoms with Crippen LogP contribution in [0.5, 0.6) is 0 Å². The molecule has 0 aromatic heterocycles. The lowest BCUT2D eigenvalue weighted by atomic mass is 9.86. The molecule has 2 atom stereocenters. The Kier molecular flexibility index (Phi) is 6.92. The third-order valence-corrected chi connectivity index (χ3v) is 7.43. The van der Waals surface area contributed by atoms with Gasteiger partial charge in [-0.2, -0.15) is 0 Å². The summed E-state index contributed by atoms with van der Waals surface area (Å²) in [4.78, 5) is 41.8. The quantitative estimate of drug-likeness (QED) is 0.342. The van der Waals surface area contributed by atoms with E-state index in [-0.39, 0.29) is 10.5 Å². The van der Waals surface area contributed by atoms with E-state index in [1.807, 2.05) is 20.2 Å². The van der Waals surface area contributed by atoms with Gasteiger partial charge in [0.1, 0.15) is 5.92 Å². The number of hydrogen-bond acceptors (Lipinski definition) is 5.